The van der Waals surface area contributed by atoms with Crippen molar-refractivity contribution in [3.63, 3.8) is 0 Å². The molecule has 0 radical (unpaired) electrons. The molecule has 8 heteroatoms. The van der Waals surface area contributed by atoms with E-state index in [1.165, 1.54) is 6.07 Å². The number of aromatic nitrogens is 4. The van der Waals surface area contributed by atoms with Crippen LogP contribution in [-0.2, 0) is 12.7 Å². The van der Waals surface area contributed by atoms with Crippen LogP contribution in [0.1, 0.15) is 41.4 Å². The zero-order chi connectivity index (χ0) is 21.6. The van der Waals surface area contributed by atoms with Crippen LogP contribution in [0.4, 0.5) is 13.2 Å². The number of hydrogen-bond donors (Lipinski definition) is 0. The maximum Gasteiger partial charge on any atom is 0.433 e. The number of fused-ring (bicyclic) bond motifs is 2. The molecule has 1 aliphatic rings. The monoisotopic (exact) mass is 425 g/mol. The summed E-state index contributed by atoms with van der Waals surface area (Å²) >= 11 is 0. The first-order chi connectivity index (χ1) is 14.9. The van der Waals surface area contributed by atoms with E-state index in [-0.39, 0.29) is 11.6 Å². The molecule has 1 fully saturated rings. The number of benzene rings is 1. The molecule has 5 nitrogen and oxygen atoms in total. The van der Waals surface area contributed by atoms with Gasteiger partial charge in [-0.05, 0) is 44.0 Å². The van der Waals surface area contributed by atoms with Gasteiger partial charge in [-0.15, -0.1) is 0 Å². The molecule has 1 unspecified atom stereocenters. The Morgan fingerprint density at radius 1 is 1.13 bits per heavy atom. The summed E-state index contributed by atoms with van der Waals surface area (Å²) in [6, 6.07) is 12.9. The molecule has 1 aliphatic heterocycles. The SMILES string of the molecule is Cc1cc2nc(C3CCCN(Cc4cccc5cccnc45)C3)cc(C(F)(F)F)n2n1. The summed E-state index contributed by atoms with van der Waals surface area (Å²) in [5.74, 6) is -0.0574. The molecule has 1 saturated heterocycles. The second kappa shape index (κ2) is 7.60. The third-order valence-corrected chi connectivity index (χ3v) is 5.89. The molecule has 4 aromatic rings. The Hall–Kier alpha value is -3.00. The smallest absolute Gasteiger partial charge is 0.298 e. The van der Waals surface area contributed by atoms with Gasteiger partial charge in [0, 0.05) is 42.4 Å². The number of nitrogens with zero attached hydrogens (tertiary/aromatic N) is 5. The summed E-state index contributed by atoms with van der Waals surface area (Å²) in [4.78, 5) is 11.4. The largest absolute Gasteiger partial charge is 0.433 e. The van der Waals surface area contributed by atoms with Crippen LogP contribution in [0.2, 0.25) is 0 Å². The molecule has 5 rings (SSSR count). The number of piperidine rings is 1. The summed E-state index contributed by atoms with van der Waals surface area (Å²) in [5.41, 5.74) is 2.59. The topological polar surface area (TPSA) is 46.3 Å². The van der Waals surface area contributed by atoms with E-state index in [0.29, 0.717) is 24.5 Å². The van der Waals surface area contributed by atoms with Crippen LogP contribution in [0.15, 0.2) is 48.7 Å². The minimum absolute atomic E-state index is 0.0574. The summed E-state index contributed by atoms with van der Waals surface area (Å²) in [7, 11) is 0. The summed E-state index contributed by atoms with van der Waals surface area (Å²) in [5, 5.41) is 5.07. The van der Waals surface area contributed by atoms with Gasteiger partial charge in [0.1, 0.15) is 5.69 Å². The van der Waals surface area contributed by atoms with Gasteiger partial charge < -0.3 is 0 Å². The maximum absolute atomic E-state index is 13.7. The first-order valence-corrected chi connectivity index (χ1v) is 10.4. The van der Waals surface area contributed by atoms with Gasteiger partial charge in [-0.3, -0.25) is 9.88 Å². The van der Waals surface area contributed by atoms with Gasteiger partial charge in [0.2, 0.25) is 0 Å². The van der Waals surface area contributed by atoms with Crippen molar-refractivity contribution in [2.75, 3.05) is 13.1 Å². The Bertz CT molecular complexity index is 1240. The molecule has 1 aromatic carbocycles. The second-order valence-corrected chi connectivity index (χ2v) is 8.19. The molecule has 160 valence electrons. The third-order valence-electron chi connectivity index (χ3n) is 5.89. The number of alkyl halides is 3. The van der Waals surface area contributed by atoms with Gasteiger partial charge in [-0.2, -0.15) is 18.3 Å². The molecular weight excluding hydrogens is 403 g/mol. The number of pyridine rings is 1. The molecule has 31 heavy (non-hydrogen) atoms. The normalized spacial score (nSPS) is 18.1. The van der Waals surface area contributed by atoms with Crippen LogP contribution in [0.3, 0.4) is 0 Å². The highest BCUT2D eigenvalue weighted by molar-refractivity contribution is 5.81. The van der Waals surface area contributed by atoms with Crippen molar-refractivity contribution in [1.82, 2.24) is 24.5 Å². The van der Waals surface area contributed by atoms with E-state index in [0.717, 1.165) is 40.4 Å². The molecule has 1 atom stereocenters. The van der Waals surface area contributed by atoms with Crippen LogP contribution in [-0.4, -0.2) is 37.6 Å². The van der Waals surface area contributed by atoms with E-state index >= 15 is 0 Å². The van der Waals surface area contributed by atoms with E-state index in [2.05, 4.69) is 26.0 Å². The van der Waals surface area contributed by atoms with Crippen LogP contribution < -0.4 is 0 Å². The van der Waals surface area contributed by atoms with Gasteiger partial charge in [0.05, 0.1) is 11.2 Å². The summed E-state index contributed by atoms with van der Waals surface area (Å²) in [6.07, 6.45) is -0.971. The van der Waals surface area contributed by atoms with E-state index in [1.54, 1.807) is 19.2 Å². The van der Waals surface area contributed by atoms with E-state index < -0.39 is 11.9 Å². The Morgan fingerprint density at radius 3 is 2.81 bits per heavy atom. The molecule has 0 saturated carbocycles. The molecule has 3 aromatic heterocycles. The fraction of sp³-hybridized carbons (Fsp3) is 0.348. The van der Waals surface area contributed by atoms with Crippen LogP contribution >= 0.6 is 0 Å². The number of rotatable bonds is 3. The molecule has 0 spiro atoms. The van der Waals surface area contributed by atoms with Gasteiger partial charge in [0.15, 0.2) is 5.65 Å². The fourth-order valence-electron chi connectivity index (χ4n) is 4.50. The summed E-state index contributed by atoms with van der Waals surface area (Å²) < 4.78 is 41.9. The molecule has 4 heterocycles. The Morgan fingerprint density at radius 2 is 1.97 bits per heavy atom. The zero-order valence-electron chi connectivity index (χ0n) is 17.1. The van der Waals surface area contributed by atoms with Gasteiger partial charge in [-0.1, -0.05) is 24.3 Å². The van der Waals surface area contributed by atoms with Gasteiger partial charge >= 0.3 is 6.18 Å². The van der Waals surface area contributed by atoms with Crippen molar-refractivity contribution < 1.29 is 13.2 Å². The van der Waals surface area contributed by atoms with Crippen molar-refractivity contribution in [3.8, 4) is 0 Å². The molecule has 0 aliphatic carbocycles. The zero-order valence-corrected chi connectivity index (χ0v) is 17.1. The van der Waals surface area contributed by atoms with Crippen molar-refractivity contribution in [2.45, 2.75) is 38.4 Å². The number of likely N-dealkylation sites (tertiary alicyclic amines) is 1. The third kappa shape index (κ3) is 3.87. The molecular formula is C23H22F3N5. The first kappa shape index (κ1) is 19.9. The minimum atomic E-state index is -4.49. The Balaban J connectivity index is 1.44. The predicted molar refractivity (Wildman–Crippen MR) is 112 cm³/mol. The minimum Gasteiger partial charge on any atom is -0.298 e. The van der Waals surface area contributed by atoms with E-state index in [4.69, 9.17) is 0 Å². The average Bonchev–Trinajstić information content (AvgIpc) is 3.13. The van der Waals surface area contributed by atoms with Crippen molar-refractivity contribution in [2.24, 2.45) is 0 Å². The lowest BCUT2D eigenvalue weighted by Crippen LogP contribution is -2.34. The predicted octanol–water partition coefficient (Wildman–Crippen LogP) is 4.98. The lowest BCUT2D eigenvalue weighted by atomic mass is 9.93. The van der Waals surface area contributed by atoms with Crippen molar-refractivity contribution in [1.29, 1.82) is 0 Å². The molecule has 0 N–H and O–H groups in total. The highest BCUT2D eigenvalue weighted by Gasteiger charge is 2.36. The Kier molecular flexibility index (Phi) is 4.89. The van der Waals surface area contributed by atoms with Gasteiger partial charge in [-0.25, -0.2) is 9.50 Å². The standard InChI is InChI=1S/C23H22F3N5/c1-15-11-21-28-19(12-20(23(24,25)26)31(21)29-15)17-8-4-10-30(13-17)14-18-6-2-5-16-7-3-9-27-22(16)18/h2-3,5-7,9,11-12,17H,4,8,10,13-14H2,1H3. The van der Waals surface area contributed by atoms with Gasteiger partial charge in [0.25, 0.3) is 0 Å². The van der Waals surface area contributed by atoms with E-state index in [9.17, 15) is 13.2 Å². The van der Waals surface area contributed by atoms with Crippen LogP contribution in [0, 0.1) is 6.92 Å². The average molecular weight is 425 g/mol. The number of halogens is 3. The maximum atomic E-state index is 13.7. The molecule has 0 bridgehead atoms. The number of hydrogen-bond acceptors (Lipinski definition) is 4. The van der Waals surface area contributed by atoms with Crippen molar-refractivity contribution >= 4 is 16.6 Å². The summed E-state index contributed by atoms with van der Waals surface area (Å²) in [6.45, 7) is 3.96. The Labute approximate surface area is 177 Å². The fourth-order valence-corrected chi connectivity index (χ4v) is 4.50. The highest BCUT2D eigenvalue weighted by atomic mass is 19.4. The van der Waals surface area contributed by atoms with Crippen LogP contribution in [0.5, 0.6) is 0 Å². The molecule has 0 amide bonds. The quantitative estimate of drug-likeness (QED) is 0.464. The van der Waals surface area contributed by atoms with E-state index in [1.807, 2.05) is 24.3 Å². The first-order valence-electron chi connectivity index (χ1n) is 10.4. The highest BCUT2D eigenvalue weighted by Crippen LogP contribution is 2.34. The lowest BCUT2D eigenvalue weighted by Gasteiger charge is -2.32. The van der Waals surface area contributed by atoms with Crippen molar-refractivity contribution in [3.05, 3.63) is 71.3 Å². The number of aryl methyl sites for hydroxylation is 1. The second-order valence-electron chi connectivity index (χ2n) is 8.19. The lowest BCUT2D eigenvalue weighted by molar-refractivity contribution is -0.142. The number of para-hydroxylation sites is 1. The van der Waals surface area contributed by atoms with Crippen LogP contribution in [0.25, 0.3) is 16.6 Å².